The normalized spacial score (nSPS) is 12.9. The van der Waals surface area contributed by atoms with Crippen LogP contribution in [-0.4, -0.2) is 33.6 Å². The first kappa shape index (κ1) is 12.8. The molecule has 7 heteroatoms. The Balaban J connectivity index is 2.03. The molecule has 1 atom stereocenters. The second-order valence-electron chi connectivity index (χ2n) is 4.51. The molecule has 2 aromatic heterocycles. The zero-order valence-corrected chi connectivity index (χ0v) is 11.3. The van der Waals surface area contributed by atoms with Crippen molar-refractivity contribution >= 4 is 10.9 Å². The first-order chi connectivity index (χ1) is 9.70. The quantitative estimate of drug-likeness (QED) is 0.769. The maximum atomic E-state index is 5.88. The van der Waals surface area contributed by atoms with Crippen molar-refractivity contribution in [2.75, 3.05) is 13.7 Å². The van der Waals surface area contributed by atoms with Crippen molar-refractivity contribution in [1.82, 2.24) is 19.9 Å². The number of ether oxygens (including phenoxy) is 1. The summed E-state index contributed by atoms with van der Waals surface area (Å²) in [6.45, 7) is 0.335. The van der Waals surface area contributed by atoms with Gasteiger partial charge in [-0.15, -0.1) is 0 Å². The summed E-state index contributed by atoms with van der Waals surface area (Å²) in [5.74, 6) is 0.778. The first-order valence-electron chi connectivity index (χ1n) is 6.21. The molecule has 2 heterocycles. The summed E-state index contributed by atoms with van der Waals surface area (Å²) >= 11 is 0. The van der Waals surface area contributed by atoms with Gasteiger partial charge in [0.1, 0.15) is 0 Å². The SMILES string of the molecule is COCC(N)c1noc(-c2nn(C)c3ccccc23)n1. The van der Waals surface area contributed by atoms with Gasteiger partial charge in [-0.25, -0.2) is 0 Å². The van der Waals surface area contributed by atoms with Crippen LogP contribution < -0.4 is 5.73 Å². The van der Waals surface area contributed by atoms with E-state index in [0.717, 1.165) is 10.9 Å². The largest absolute Gasteiger partial charge is 0.383 e. The topological polar surface area (TPSA) is 92.0 Å². The molecule has 3 aromatic rings. The van der Waals surface area contributed by atoms with Crippen LogP contribution >= 0.6 is 0 Å². The number of rotatable bonds is 4. The zero-order chi connectivity index (χ0) is 14.1. The lowest BCUT2D eigenvalue weighted by Gasteiger charge is -2.02. The Morgan fingerprint density at radius 2 is 2.20 bits per heavy atom. The minimum atomic E-state index is -0.410. The molecule has 1 unspecified atom stereocenters. The van der Waals surface area contributed by atoms with Gasteiger partial charge in [0.25, 0.3) is 5.89 Å². The molecule has 2 N–H and O–H groups in total. The molecule has 0 saturated carbocycles. The average Bonchev–Trinajstić information content (AvgIpc) is 3.05. The van der Waals surface area contributed by atoms with Crippen LogP contribution in [0.15, 0.2) is 28.8 Å². The van der Waals surface area contributed by atoms with E-state index in [1.165, 1.54) is 0 Å². The number of hydrogen-bond acceptors (Lipinski definition) is 6. The summed E-state index contributed by atoms with van der Waals surface area (Å²) in [5, 5.41) is 9.28. The summed E-state index contributed by atoms with van der Waals surface area (Å²) in [4.78, 5) is 4.30. The number of aromatic nitrogens is 4. The monoisotopic (exact) mass is 273 g/mol. The van der Waals surface area contributed by atoms with E-state index in [1.807, 2.05) is 31.3 Å². The molecule has 1 aromatic carbocycles. The van der Waals surface area contributed by atoms with Gasteiger partial charge >= 0.3 is 0 Å². The molecule has 0 amide bonds. The lowest BCUT2D eigenvalue weighted by molar-refractivity contribution is 0.177. The highest BCUT2D eigenvalue weighted by molar-refractivity contribution is 5.91. The minimum Gasteiger partial charge on any atom is -0.383 e. The maximum absolute atomic E-state index is 5.88. The van der Waals surface area contributed by atoms with Gasteiger partial charge < -0.3 is 15.0 Å². The van der Waals surface area contributed by atoms with Gasteiger partial charge in [0.15, 0.2) is 11.5 Å². The molecule has 0 radical (unpaired) electrons. The molecule has 0 aliphatic carbocycles. The standard InChI is InChI=1S/C13H15N5O2/c1-18-10-6-4-3-5-8(10)11(16-18)13-15-12(17-20-13)9(14)7-19-2/h3-6,9H,7,14H2,1-2H3. The second-order valence-corrected chi connectivity index (χ2v) is 4.51. The van der Waals surface area contributed by atoms with E-state index in [2.05, 4.69) is 15.2 Å². The van der Waals surface area contributed by atoms with Crippen LogP contribution in [0.3, 0.4) is 0 Å². The van der Waals surface area contributed by atoms with Crippen molar-refractivity contribution in [2.24, 2.45) is 12.8 Å². The smallest absolute Gasteiger partial charge is 0.279 e. The summed E-state index contributed by atoms with van der Waals surface area (Å²) < 4.78 is 12.0. The lowest BCUT2D eigenvalue weighted by atomic mass is 10.2. The minimum absolute atomic E-state index is 0.335. The fourth-order valence-corrected chi connectivity index (χ4v) is 2.11. The highest BCUT2D eigenvalue weighted by Crippen LogP contribution is 2.26. The molecule has 0 aliphatic rings. The van der Waals surface area contributed by atoms with E-state index in [9.17, 15) is 0 Å². The molecule has 0 saturated heterocycles. The fraction of sp³-hybridized carbons (Fsp3) is 0.308. The van der Waals surface area contributed by atoms with Gasteiger partial charge in [0.2, 0.25) is 0 Å². The van der Waals surface area contributed by atoms with Crippen LogP contribution in [0, 0.1) is 0 Å². The predicted molar refractivity (Wildman–Crippen MR) is 72.8 cm³/mol. The molecule has 104 valence electrons. The van der Waals surface area contributed by atoms with E-state index < -0.39 is 6.04 Å². The van der Waals surface area contributed by atoms with E-state index in [1.54, 1.807) is 11.8 Å². The second kappa shape index (κ2) is 5.03. The fourth-order valence-electron chi connectivity index (χ4n) is 2.11. The molecule has 3 rings (SSSR count). The van der Waals surface area contributed by atoms with Gasteiger partial charge in [0.05, 0.1) is 18.2 Å². The van der Waals surface area contributed by atoms with Crippen LogP contribution in [0.5, 0.6) is 0 Å². The van der Waals surface area contributed by atoms with Crippen LogP contribution in [0.1, 0.15) is 11.9 Å². The van der Waals surface area contributed by atoms with E-state index in [4.69, 9.17) is 15.0 Å². The Labute approximate surface area is 115 Å². The van der Waals surface area contributed by atoms with Gasteiger partial charge in [-0.2, -0.15) is 10.1 Å². The van der Waals surface area contributed by atoms with Crippen molar-refractivity contribution in [2.45, 2.75) is 6.04 Å². The Bertz CT molecular complexity index is 733. The lowest BCUT2D eigenvalue weighted by Crippen LogP contribution is -2.17. The molecular weight excluding hydrogens is 258 g/mol. The van der Waals surface area contributed by atoms with Gasteiger partial charge in [-0.1, -0.05) is 23.4 Å². The molecule has 0 aliphatic heterocycles. The third-order valence-electron chi connectivity index (χ3n) is 3.08. The third-order valence-corrected chi connectivity index (χ3v) is 3.08. The summed E-state index contributed by atoms with van der Waals surface area (Å²) in [6.07, 6.45) is 0. The Kier molecular flexibility index (Phi) is 3.21. The maximum Gasteiger partial charge on any atom is 0.279 e. The Morgan fingerprint density at radius 1 is 1.40 bits per heavy atom. The Hall–Kier alpha value is -2.25. The number of aryl methyl sites for hydroxylation is 1. The third kappa shape index (κ3) is 2.06. The summed E-state index contributed by atoms with van der Waals surface area (Å²) in [6, 6.07) is 7.45. The van der Waals surface area contributed by atoms with Crippen LogP contribution in [-0.2, 0) is 11.8 Å². The van der Waals surface area contributed by atoms with Crippen molar-refractivity contribution in [3.05, 3.63) is 30.1 Å². The number of nitrogens with zero attached hydrogens (tertiary/aromatic N) is 4. The van der Waals surface area contributed by atoms with Gasteiger partial charge in [-0.05, 0) is 6.07 Å². The first-order valence-corrected chi connectivity index (χ1v) is 6.21. The highest BCUT2D eigenvalue weighted by atomic mass is 16.5. The van der Waals surface area contributed by atoms with Gasteiger partial charge in [-0.3, -0.25) is 4.68 Å². The molecular formula is C13H15N5O2. The number of benzene rings is 1. The number of nitrogens with two attached hydrogens (primary N) is 1. The zero-order valence-electron chi connectivity index (χ0n) is 11.3. The van der Waals surface area contributed by atoms with Crippen molar-refractivity contribution in [3.63, 3.8) is 0 Å². The van der Waals surface area contributed by atoms with Crippen LogP contribution in [0.2, 0.25) is 0 Å². The molecule has 20 heavy (non-hydrogen) atoms. The molecule has 7 nitrogen and oxygen atoms in total. The number of para-hydroxylation sites is 1. The van der Waals surface area contributed by atoms with Crippen LogP contribution in [0.4, 0.5) is 0 Å². The predicted octanol–water partition coefficient (Wildman–Crippen LogP) is 1.27. The molecule has 0 fully saturated rings. The van der Waals surface area contributed by atoms with Crippen LogP contribution in [0.25, 0.3) is 22.5 Å². The summed E-state index contributed by atoms with van der Waals surface area (Å²) in [5.41, 5.74) is 7.54. The molecule has 0 spiro atoms. The average molecular weight is 273 g/mol. The number of methoxy groups -OCH3 is 1. The number of hydrogen-bond donors (Lipinski definition) is 1. The van der Waals surface area contributed by atoms with Crippen molar-refractivity contribution in [3.8, 4) is 11.6 Å². The highest BCUT2D eigenvalue weighted by Gasteiger charge is 2.19. The van der Waals surface area contributed by atoms with E-state index in [0.29, 0.717) is 24.0 Å². The van der Waals surface area contributed by atoms with E-state index in [-0.39, 0.29) is 0 Å². The van der Waals surface area contributed by atoms with Crippen molar-refractivity contribution < 1.29 is 9.26 Å². The molecule has 0 bridgehead atoms. The van der Waals surface area contributed by atoms with Gasteiger partial charge in [0, 0.05) is 19.5 Å². The Morgan fingerprint density at radius 3 is 3.00 bits per heavy atom. The summed E-state index contributed by atoms with van der Waals surface area (Å²) in [7, 11) is 3.45. The van der Waals surface area contributed by atoms with Crippen molar-refractivity contribution in [1.29, 1.82) is 0 Å². The van der Waals surface area contributed by atoms with E-state index >= 15 is 0 Å². The number of fused-ring (bicyclic) bond motifs is 1.